The summed E-state index contributed by atoms with van der Waals surface area (Å²) in [6, 6.07) is 1.44. The van der Waals surface area contributed by atoms with Gasteiger partial charge in [-0.05, 0) is 50.5 Å². The third-order valence-electron chi connectivity index (χ3n) is 5.91. The molecule has 0 saturated carbocycles. The minimum atomic E-state index is -5.11. The molecule has 1 saturated heterocycles. The van der Waals surface area contributed by atoms with Crippen LogP contribution in [0, 0.1) is 0 Å². The summed E-state index contributed by atoms with van der Waals surface area (Å²) in [5, 5.41) is 15.6. The first-order chi connectivity index (χ1) is 17.8. The summed E-state index contributed by atoms with van der Waals surface area (Å²) < 4.78 is 38.3. The number of hydrogen-bond donors (Lipinski definition) is 4. The maximum Gasteiger partial charge on any atom is 0.452 e. The Hall–Kier alpha value is -3.97. The van der Waals surface area contributed by atoms with Crippen LogP contribution in [0.4, 0.5) is 13.2 Å². The number of benzene rings is 1. The monoisotopic (exact) mass is 542 g/mol. The van der Waals surface area contributed by atoms with E-state index < -0.39 is 59.7 Å². The van der Waals surface area contributed by atoms with Gasteiger partial charge in [0.1, 0.15) is 12.1 Å². The molecule has 0 aromatic heterocycles. The lowest BCUT2D eigenvalue weighted by atomic mass is 10.1. The van der Waals surface area contributed by atoms with E-state index in [4.69, 9.17) is 5.11 Å². The third kappa shape index (κ3) is 8.02. The molecule has 1 aromatic rings. The van der Waals surface area contributed by atoms with Gasteiger partial charge in [-0.15, -0.1) is 0 Å². The van der Waals surface area contributed by atoms with Crippen molar-refractivity contribution in [2.24, 2.45) is 0 Å². The quantitative estimate of drug-likeness (QED) is 0.325. The van der Waals surface area contributed by atoms with Gasteiger partial charge in [0.05, 0.1) is 12.5 Å². The van der Waals surface area contributed by atoms with Crippen LogP contribution in [0.5, 0.6) is 0 Å². The first-order valence-electron chi connectivity index (χ1n) is 11.9. The van der Waals surface area contributed by atoms with Crippen molar-refractivity contribution >= 4 is 35.4 Å². The summed E-state index contributed by atoms with van der Waals surface area (Å²) in [7, 11) is 0. The van der Waals surface area contributed by atoms with Crippen molar-refractivity contribution in [3.8, 4) is 0 Å². The molecule has 1 unspecified atom stereocenters. The van der Waals surface area contributed by atoms with Crippen LogP contribution in [0.15, 0.2) is 24.3 Å². The molecule has 1 aliphatic rings. The van der Waals surface area contributed by atoms with Crippen molar-refractivity contribution in [3.63, 3.8) is 0 Å². The Morgan fingerprint density at radius 1 is 1.03 bits per heavy atom. The molecule has 0 bridgehead atoms. The molecule has 1 fully saturated rings. The number of rotatable bonds is 11. The molecule has 14 heteroatoms. The second-order valence-corrected chi connectivity index (χ2v) is 8.69. The summed E-state index contributed by atoms with van der Waals surface area (Å²) in [5.74, 6) is -5.82. The van der Waals surface area contributed by atoms with Crippen LogP contribution in [-0.4, -0.2) is 82.8 Å². The zero-order chi connectivity index (χ0) is 28.6. The van der Waals surface area contributed by atoms with E-state index in [0.717, 1.165) is 4.90 Å². The van der Waals surface area contributed by atoms with Gasteiger partial charge in [0.2, 0.25) is 11.8 Å². The fourth-order valence-electron chi connectivity index (χ4n) is 3.87. The Balaban J connectivity index is 1.98. The molecule has 2 rings (SSSR count). The van der Waals surface area contributed by atoms with Gasteiger partial charge < -0.3 is 26.0 Å². The number of amides is 4. The zero-order valence-electron chi connectivity index (χ0n) is 20.8. The third-order valence-corrected chi connectivity index (χ3v) is 5.91. The average molecular weight is 543 g/mol. The predicted molar refractivity (Wildman–Crippen MR) is 126 cm³/mol. The Morgan fingerprint density at radius 2 is 1.61 bits per heavy atom. The van der Waals surface area contributed by atoms with Gasteiger partial charge in [-0.25, -0.2) is 0 Å². The smallest absolute Gasteiger partial charge is 0.452 e. The van der Waals surface area contributed by atoms with Gasteiger partial charge in [-0.1, -0.05) is 6.92 Å². The summed E-state index contributed by atoms with van der Waals surface area (Å²) >= 11 is 0. The highest BCUT2D eigenvalue weighted by molar-refractivity contribution is 6.00. The summed E-state index contributed by atoms with van der Waals surface area (Å²) in [5.41, 5.74) is 0.315. The molecule has 0 radical (unpaired) electrons. The van der Waals surface area contributed by atoms with Crippen molar-refractivity contribution in [1.29, 1.82) is 0 Å². The highest BCUT2D eigenvalue weighted by atomic mass is 19.4. The van der Waals surface area contributed by atoms with Gasteiger partial charge in [0.25, 0.3) is 17.6 Å². The second-order valence-electron chi connectivity index (χ2n) is 8.69. The van der Waals surface area contributed by atoms with Crippen LogP contribution in [0.25, 0.3) is 0 Å². The van der Waals surface area contributed by atoms with E-state index in [1.807, 2.05) is 0 Å². The lowest BCUT2D eigenvalue weighted by molar-refractivity contribution is -0.174. The molecule has 0 spiro atoms. The van der Waals surface area contributed by atoms with Crippen molar-refractivity contribution in [3.05, 3.63) is 35.4 Å². The summed E-state index contributed by atoms with van der Waals surface area (Å²) in [6.45, 7) is 2.79. The number of aliphatic carboxylic acids is 1. The number of carbonyl (C=O) groups excluding carboxylic acids is 5. The summed E-state index contributed by atoms with van der Waals surface area (Å²) in [4.78, 5) is 73.4. The normalized spacial score (nSPS) is 16.8. The van der Waals surface area contributed by atoms with Crippen LogP contribution < -0.4 is 16.0 Å². The van der Waals surface area contributed by atoms with Crippen LogP contribution in [0.2, 0.25) is 0 Å². The number of ketones is 1. The van der Waals surface area contributed by atoms with Gasteiger partial charge in [-0.3, -0.25) is 28.8 Å². The molecular formula is C24H29F3N4O7. The van der Waals surface area contributed by atoms with Gasteiger partial charge in [0.15, 0.2) is 0 Å². The number of nitrogens with one attached hydrogen (secondary N) is 3. The van der Waals surface area contributed by atoms with Crippen molar-refractivity contribution in [2.45, 2.75) is 63.8 Å². The molecule has 208 valence electrons. The number of nitrogens with zero attached hydrogens (tertiary/aromatic N) is 1. The maximum atomic E-state index is 13.0. The standard InChI is InChI=1S/C24H29F3N4O7/c1-3-16(19(34)24(25,26)27)30-22(37)17-5-4-12-31(17)23(38)13(2)29-21(36)15-8-6-14(7-9-15)20(35)28-11-10-18(32)33/h6-9,13,16-17H,3-5,10-12H2,1-2H3,(H,28,35)(H,29,36)(H,30,37)(H,32,33)/t13-,16?,17-/m0/s1. The van der Waals surface area contributed by atoms with E-state index in [9.17, 15) is 41.9 Å². The molecule has 0 aliphatic carbocycles. The first kappa shape index (κ1) is 30.3. The molecule has 1 aliphatic heterocycles. The van der Waals surface area contributed by atoms with Gasteiger partial charge in [-0.2, -0.15) is 13.2 Å². The minimum absolute atomic E-state index is 0.0662. The van der Waals surface area contributed by atoms with Crippen LogP contribution in [0.1, 0.15) is 60.2 Å². The van der Waals surface area contributed by atoms with E-state index in [2.05, 4.69) is 16.0 Å². The SMILES string of the molecule is CCC(NC(=O)[C@@H]1CCCN1C(=O)[C@H](C)NC(=O)c1ccc(C(=O)NCCC(=O)O)cc1)C(=O)C(F)(F)F. The zero-order valence-corrected chi connectivity index (χ0v) is 20.8. The van der Waals surface area contributed by atoms with Crippen LogP contribution >= 0.6 is 0 Å². The first-order valence-corrected chi connectivity index (χ1v) is 11.9. The van der Waals surface area contributed by atoms with Crippen molar-refractivity contribution in [1.82, 2.24) is 20.9 Å². The molecule has 3 atom stereocenters. The number of alkyl halides is 3. The fourth-order valence-corrected chi connectivity index (χ4v) is 3.87. The lowest BCUT2D eigenvalue weighted by Gasteiger charge is -2.28. The van der Waals surface area contributed by atoms with Crippen molar-refractivity contribution in [2.75, 3.05) is 13.1 Å². The largest absolute Gasteiger partial charge is 0.481 e. The molecular weight excluding hydrogens is 513 g/mol. The molecule has 11 nitrogen and oxygen atoms in total. The summed E-state index contributed by atoms with van der Waals surface area (Å²) in [6.07, 6.45) is -5.04. The number of carbonyl (C=O) groups is 6. The Kier molecular flexibility index (Phi) is 10.4. The van der Waals surface area contributed by atoms with E-state index in [-0.39, 0.29) is 43.5 Å². The van der Waals surface area contributed by atoms with Gasteiger partial charge in [0, 0.05) is 24.2 Å². The molecule has 1 heterocycles. The number of carboxylic acid groups (broad SMARTS) is 1. The van der Waals surface area contributed by atoms with Crippen LogP contribution in [0.3, 0.4) is 0 Å². The highest BCUT2D eigenvalue weighted by Crippen LogP contribution is 2.22. The van der Waals surface area contributed by atoms with Crippen LogP contribution in [-0.2, 0) is 19.2 Å². The minimum Gasteiger partial charge on any atom is -0.481 e. The maximum absolute atomic E-state index is 13.0. The number of likely N-dealkylation sites (tertiary alicyclic amines) is 1. The topological polar surface area (TPSA) is 162 Å². The fraction of sp³-hybridized carbons (Fsp3) is 0.500. The highest BCUT2D eigenvalue weighted by Gasteiger charge is 2.44. The number of hydrogen-bond acceptors (Lipinski definition) is 6. The Morgan fingerprint density at radius 3 is 2.13 bits per heavy atom. The predicted octanol–water partition coefficient (Wildman–Crippen LogP) is 1.03. The number of carboxylic acids is 1. The van der Waals surface area contributed by atoms with Crippen molar-refractivity contribution < 1.29 is 47.0 Å². The van der Waals surface area contributed by atoms with E-state index >= 15 is 0 Å². The van der Waals surface area contributed by atoms with E-state index in [1.165, 1.54) is 38.1 Å². The van der Waals surface area contributed by atoms with E-state index in [0.29, 0.717) is 6.42 Å². The Bertz CT molecular complexity index is 1080. The number of halogens is 3. The molecule has 1 aromatic carbocycles. The second kappa shape index (κ2) is 13.0. The molecule has 38 heavy (non-hydrogen) atoms. The lowest BCUT2D eigenvalue weighted by Crippen LogP contribution is -2.55. The van der Waals surface area contributed by atoms with Gasteiger partial charge >= 0.3 is 12.1 Å². The van der Waals surface area contributed by atoms with E-state index in [1.54, 1.807) is 0 Å². The Labute approximate surface area is 216 Å². The molecule has 4 N–H and O–H groups in total. The number of Topliss-reactive ketones (excluding diaryl/α,β-unsaturated/α-hetero) is 1. The average Bonchev–Trinajstić information content (AvgIpc) is 3.35. The molecule has 4 amide bonds.